The maximum atomic E-state index is 6.23. The lowest BCUT2D eigenvalue weighted by Gasteiger charge is -2.52. The van der Waals surface area contributed by atoms with Gasteiger partial charge < -0.3 is 9.47 Å². The smallest absolute Gasteiger partial charge is 0.0626 e. The maximum Gasteiger partial charge on any atom is 0.0626 e. The zero-order valence-electron chi connectivity index (χ0n) is 19.6. The molecule has 0 bridgehead atoms. The van der Waals surface area contributed by atoms with Crippen LogP contribution in [-0.2, 0) is 9.47 Å². The fourth-order valence-electron chi connectivity index (χ4n) is 6.36. The highest BCUT2D eigenvalue weighted by Crippen LogP contribution is 2.52. The topological polar surface area (TPSA) is 18.5 Å². The summed E-state index contributed by atoms with van der Waals surface area (Å²) >= 11 is 0. The summed E-state index contributed by atoms with van der Waals surface area (Å²) in [5, 5.41) is 0. The van der Waals surface area contributed by atoms with E-state index < -0.39 is 0 Å². The van der Waals surface area contributed by atoms with Crippen LogP contribution in [0.1, 0.15) is 93.9 Å². The van der Waals surface area contributed by atoms with E-state index in [0.29, 0.717) is 41.3 Å². The molecular formula is C25H48O2. The Balaban J connectivity index is 2.01. The minimum Gasteiger partial charge on any atom is -0.378 e. The van der Waals surface area contributed by atoms with Crippen molar-refractivity contribution >= 4 is 0 Å². The zero-order chi connectivity index (χ0) is 20.2. The van der Waals surface area contributed by atoms with E-state index >= 15 is 0 Å². The molecule has 27 heavy (non-hydrogen) atoms. The van der Waals surface area contributed by atoms with Crippen LogP contribution in [0, 0.1) is 40.9 Å². The standard InChI is InChI=1S/C25H48O2/c1-9-11-26-23-17(3)13-21(14-18(23)4)25(7,8)22-15-19(5)24(20(6)16-22)27-12-10-2/h17-24H,9-16H2,1-8H3. The van der Waals surface area contributed by atoms with Crippen molar-refractivity contribution in [2.45, 2.75) is 106 Å². The van der Waals surface area contributed by atoms with Gasteiger partial charge in [0.05, 0.1) is 12.2 Å². The largest absolute Gasteiger partial charge is 0.378 e. The second-order valence-electron chi connectivity index (χ2n) is 10.7. The first-order valence-corrected chi connectivity index (χ1v) is 11.9. The summed E-state index contributed by atoms with van der Waals surface area (Å²) in [6.45, 7) is 21.1. The maximum absolute atomic E-state index is 6.23. The lowest BCUT2D eigenvalue weighted by atomic mass is 9.55. The molecule has 0 radical (unpaired) electrons. The fourth-order valence-corrected chi connectivity index (χ4v) is 6.36. The summed E-state index contributed by atoms with van der Waals surface area (Å²) in [6.07, 6.45) is 8.53. The van der Waals surface area contributed by atoms with Crippen LogP contribution >= 0.6 is 0 Å². The average Bonchev–Trinajstić information content (AvgIpc) is 2.60. The second-order valence-corrected chi connectivity index (χ2v) is 10.7. The molecule has 0 aliphatic heterocycles. The van der Waals surface area contributed by atoms with Gasteiger partial charge in [-0.15, -0.1) is 0 Å². The van der Waals surface area contributed by atoms with Gasteiger partial charge in [0.25, 0.3) is 0 Å². The van der Waals surface area contributed by atoms with Gasteiger partial charge in [0.15, 0.2) is 0 Å². The minimum atomic E-state index is 0.413. The first kappa shape index (κ1) is 23.2. The van der Waals surface area contributed by atoms with Gasteiger partial charge in [0.2, 0.25) is 0 Å². The van der Waals surface area contributed by atoms with Gasteiger partial charge in [-0.2, -0.15) is 0 Å². The predicted octanol–water partition coefficient (Wildman–Crippen LogP) is 6.97. The molecule has 0 aromatic heterocycles. The van der Waals surface area contributed by atoms with Gasteiger partial charge in [-0.3, -0.25) is 0 Å². The quantitative estimate of drug-likeness (QED) is 0.453. The molecule has 0 N–H and O–H groups in total. The molecule has 160 valence electrons. The molecule has 0 saturated heterocycles. The normalized spacial score (nSPS) is 40.9. The summed E-state index contributed by atoms with van der Waals surface area (Å²) in [4.78, 5) is 0. The summed E-state index contributed by atoms with van der Waals surface area (Å²) in [5.74, 6) is 4.38. The van der Waals surface area contributed by atoms with E-state index in [1.165, 1.54) is 25.7 Å². The number of hydrogen-bond donors (Lipinski definition) is 0. The molecular weight excluding hydrogens is 332 g/mol. The molecule has 2 heteroatoms. The van der Waals surface area contributed by atoms with Crippen molar-refractivity contribution in [1.29, 1.82) is 0 Å². The first-order chi connectivity index (χ1) is 12.7. The molecule has 2 saturated carbocycles. The van der Waals surface area contributed by atoms with Gasteiger partial charge in [-0.1, -0.05) is 55.4 Å². The molecule has 0 aromatic carbocycles. The Labute approximate surface area is 170 Å². The van der Waals surface area contributed by atoms with Gasteiger partial charge >= 0.3 is 0 Å². The van der Waals surface area contributed by atoms with Crippen molar-refractivity contribution in [1.82, 2.24) is 0 Å². The Morgan fingerprint density at radius 1 is 0.630 bits per heavy atom. The van der Waals surface area contributed by atoms with Gasteiger partial charge in [0.1, 0.15) is 0 Å². The molecule has 2 nitrogen and oxygen atoms in total. The molecule has 4 unspecified atom stereocenters. The molecule has 2 aliphatic rings. The molecule has 0 aromatic rings. The first-order valence-electron chi connectivity index (χ1n) is 11.9. The lowest BCUT2D eigenvalue weighted by Crippen LogP contribution is -2.47. The van der Waals surface area contributed by atoms with Crippen molar-refractivity contribution in [3.8, 4) is 0 Å². The van der Waals surface area contributed by atoms with E-state index in [4.69, 9.17) is 9.47 Å². The number of ether oxygens (including phenoxy) is 2. The molecule has 2 rings (SSSR count). The van der Waals surface area contributed by atoms with E-state index in [0.717, 1.165) is 37.9 Å². The van der Waals surface area contributed by atoms with Crippen LogP contribution in [0.25, 0.3) is 0 Å². The van der Waals surface area contributed by atoms with Crippen LogP contribution in [0.15, 0.2) is 0 Å². The summed E-state index contributed by atoms with van der Waals surface area (Å²) < 4.78 is 12.5. The summed E-state index contributed by atoms with van der Waals surface area (Å²) in [5.41, 5.74) is 0.413. The van der Waals surface area contributed by atoms with E-state index in [1.54, 1.807) is 0 Å². The van der Waals surface area contributed by atoms with Gasteiger partial charge in [-0.05, 0) is 79.4 Å². The summed E-state index contributed by atoms with van der Waals surface area (Å²) in [6, 6.07) is 0. The third kappa shape index (κ3) is 5.50. The van der Waals surface area contributed by atoms with Crippen LogP contribution in [0.2, 0.25) is 0 Å². The van der Waals surface area contributed by atoms with Crippen molar-refractivity contribution in [2.75, 3.05) is 13.2 Å². The highest BCUT2D eigenvalue weighted by atomic mass is 16.5. The van der Waals surface area contributed by atoms with Crippen LogP contribution < -0.4 is 0 Å². The second kappa shape index (κ2) is 10.1. The van der Waals surface area contributed by atoms with Crippen LogP contribution in [0.4, 0.5) is 0 Å². The molecule has 2 fully saturated rings. The molecule has 0 spiro atoms. The third-order valence-electron chi connectivity index (χ3n) is 8.00. The van der Waals surface area contributed by atoms with Crippen molar-refractivity contribution in [3.05, 3.63) is 0 Å². The lowest BCUT2D eigenvalue weighted by molar-refractivity contribution is -0.100. The molecule has 2 aliphatic carbocycles. The predicted molar refractivity (Wildman–Crippen MR) is 116 cm³/mol. The van der Waals surface area contributed by atoms with E-state index in [-0.39, 0.29) is 0 Å². The van der Waals surface area contributed by atoms with Crippen molar-refractivity contribution in [2.24, 2.45) is 40.9 Å². The van der Waals surface area contributed by atoms with E-state index in [1.807, 2.05) is 0 Å². The van der Waals surface area contributed by atoms with E-state index in [2.05, 4.69) is 55.4 Å². The van der Waals surface area contributed by atoms with Crippen molar-refractivity contribution < 1.29 is 9.47 Å². The van der Waals surface area contributed by atoms with E-state index in [9.17, 15) is 0 Å². The Morgan fingerprint density at radius 3 is 1.19 bits per heavy atom. The zero-order valence-corrected chi connectivity index (χ0v) is 19.6. The molecule has 0 amide bonds. The van der Waals surface area contributed by atoms with Gasteiger partial charge in [-0.25, -0.2) is 0 Å². The Hall–Kier alpha value is -0.0800. The monoisotopic (exact) mass is 380 g/mol. The number of rotatable bonds is 8. The van der Waals surface area contributed by atoms with Crippen molar-refractivity contribution in [3.63, 3.8) is 0 Å². The van der Waals surface area contributed by atoms with Crippen LogP contribution in [0.5, 0.6) is 0 Å². The Kier molecular flexibility index (Phi) is 8.68. The Bertz CT molecular complexity index is 370. The van der Waals surface area contributed by atoms with Crippen LogP contribution in [-0.4, -0.2) is 25.4 Å². The minimum absolute atomic E-state index is 0.413. The molecule has 4 atom stereocenters. The average molecular weight is 381 g/mol. The molecule has 0 heterocycles. The fraction of sp³-hybridized carbons (Fsp3) is 1.00. The van der Waals surface area contributed by atoms with Crippen LogP contribution in [0.3, 0.4) is 0 Å². The van der Waals surface area contributed by atoms with Gasteiger partial charge in [0, 0.05) is 13.2 Å². The highest BCUT2D eigenvalue weighted by molar-refractivity contribution is 4.96. The number of hydrogen-bond acceptors (Lipinski definition) is 2. The third-order valence-corrected chi connectivity index (χ3v) is 8.00. The summed E-state index contributed by atoms with van der Waals surface area (Å²) in [7, 11) is 0. The Morgan fingerprint density at radius 2 is 0.926 bits per heavy atom. The highest BCUT2D eigenvalue weighted by Gasteiger charge is 2.47. The SMILES string of the molecule is CCCOC1C(C)CC(C(C)(C)C2CC(C)C(OCCC)C(C)C2)CC1C.